The lowest BCUT2D eigenvalue weighted by molar-refractivity contribution is -0.361. The van der Waals surface area contributed by atoms with Crippen LogP contribution in [0.4, 0.5) is 0 Å². The molecule has 216 valence electrons. The summed E-state index contributed by atoms with van der Waals surface area (Å²) < 4.78 is 37.0. The van der Waals surface area contributed by atoms with Crippen molar-refractivity contribution >= 4 is 0 Å². The van der Waals surface area contributed by atoms with Gasteiger partial charge in [0, 0.05) is 0 Å². The predicted octanol–water partition coefficient (Wildman–Crippen LogP) is -7.19. The highest BCUT2D eigenvalue weighted by atomic mass is 16.8. The van der Waals surface area contributed by atoms with Gasteiger partial charge in [0.1, 0.15) is 73.2 Å². The van der Waals surface area contributed by atoms with Crippen LogP contribution in [0, 0.1) is 0 Å². The van der Waals surface area contributed by atoms with Crippen molar-refractivity contribution in [3.63, 3.8) is 0 Å². The van der Waals surface area contributed by atoms with E-state index in [4.69, 9.17) is 33.2 Å². The van der Waals surface area contributed by atoms with Crippen molar-refractivity contribution < 1.29 is 84.2 Å². The molecule has 0 saturated carbocycles. The van der Waals surface area contributed by atoms with Gasteiger partial charge >= 0.3 is 0 Å². The van der Waals surface area contributed by atoms with Crippen LogP contribution in [0.2, 0.25) is 0 Å². The van der Waals surface area contributed by atoms with E-state index in [1.807, 2.05) is 0 Å². The minimum absolute atomic E-state index is 0.340. The van der Waals surface area contributed by atoms with Crippen LogP contribution in [0.25, 0.3) is 0 Å². The molecular weight excluding hydrogens is 512 g/mol. The van der Waals surface area contributed by atoms with E-state index in [0.29, 0.717) is 0 Å². The lowest BCUT2D eigenvalue weighted by Gasteiger charge is -2.45. The average molecular weight is 546 g/mol. The maximum Gasteiger partial charge on any atom is 0.186 e. The molecule has 4 aliphatic rings. The second-order valence-corrected chi connectivity index (χ2v) is 9.35. The van der Waals surface area contributed by atoms with Gasteiger partial charge in [-0.3, -0.25) is 0 Å². The number of aliphatic hydroxyl groups is 10. The molecule has 0 aromatic heterocycles. The van der Waals surface area contributed by atoms with Gasteiger partial charge in [0.2, 0.25) is 0 Å². The lowest BCUT2D eigenvalue weighted by Crippen LogP contribution is -2.63. The number of aliphatic hydroxyl groups excluding tert-OH is 10. The Morgan fingerprint density at radius 3 is 1.51 bits per heavy atom. The van der Waals surface area contributed by atoms with Crippen LogP contribution in [0.3, 0.4) is 0 Å². The summed E-state index contributed by atoms with van der Waals surface area (Å²) in [6.45, 7) is -1.47. The lowest BCUT2D eigenvalue weighted by atomic mass is 10.0. The van der Waals surface area contributed by atoms with Crippen LogP contribution in [0.1, 0.15) is 0 Å². The van der Waals surface area contributed by atoms with Crippen molar-refractivity contribution in [1.29, 1.82) is 0 Å². The molecular formula is C20H34O17. The molecule has 4 aliphatic heterocycles. The summed E-state index contributed by atoms with van der Waals surface area (Å²) in [6.07, 6.45) is -24.3. The third-order valence-electron chi connectivity index (χ3n) is 6.68. The summed E-state index contributed by atoms with van der Waals surface area (Å²) in [5, 5.41) is 101. The van der Waals surface area contributed by atoms with E-state index >= 15 is 0 Å². The molecule has 4 fully saturated rings. The molecule has 17 heteroatoms. The molecule has 37 heavy (non-hydrogen) atoms. The molecule has 0 unspecified atom stereocenters. The Morgan fingerprint density at radius 2 is 0.865 bits per heavy atom. The Bertz CT molecular complexity index is 731. The largest absolute Gasteiger partial charge is 0.388 e. The first-order chi connectivity index (χ1) is 17.5. The molecule has 0 amide bonds. The Labute approximate surface area is 209 Å². The summed E-state index contributed by atoms with van der Waals surface area (Å²) in [5.74, 6) is 0. The number of hydrogen-bond acceptors (Lipinski definition) is 17. The number of ether oxygens (including phenoxy) is 7. The Morgan fingerprint density at radius 1 is 0.405 bits per heavy atom. The SMILES string of the molecule is O[C@@H]1[C@@H](O)[C@H](O[C@@H]2CO[C@@H](O[C@@H]3[C@@H](O)[C@H](O[C@@H]4CO[C@@H](O)[C@H](O)[C@H]4O)OC[C@H]3O)[C@H](O)[C@H]2O)OC[C@H]1O. The summed E-state index contributed by atoms with van der Waals surface area (Å²) in [4.78, 5) is 0. The van der Waals surface area contributed by atoms with Gasteiger partial charge in [-0.1, -0.05) is 0 Å². The van der Waals surface area contributed by atoms with E-state index in [0.717, 1.165) is 0 Å². The van der Waals surface area contributed by atoms with Gasteiger partial charge in [-0.15, -0.1) is 0 Å². The zero-order chi connectivity index (χ0) is 27.0. The molecule has 0 bridgehead atoms. The topological polar surface area (TPSA) is 267 Å². The Hall–Kier alpha value is -0.680. The number of hydrogen-bond donors (Lipinski definition) is 10. The molecule has 17 nitrogen and oxygen atoms in total. The first kappa shape index (κ1) is 29.3. The molecule has 0 aromatic rings. The fourth-order valence-electron chi connectivity index (χ4n) is 4.37. The zero-order valence-corrected chi connectivity index (χ0v) is 19.4. The maximum atomic E-state index is 10.7. The molecule has 0 aliphatic carbocycles. The second kappa shape index (κ2) is 12.2. The van der Waals surface area contributed by atoms with E-state index in [-0.39, 0.29) is 13.2 Å². The van der Waals surface area contributed by atoms with Gasteiger partial charge < -0.3 is 84.2 Å². The minimum Gasteiger partial charge on any atom is -0.388 e. The maximum absolute atomic E-state index is 10.7. The van der Waals surface area contributed by atoms with Crippen molar-refractivity contribution in [3.05, 3.63) is 0 Å². The second-order valence-electron chi connectivity index (χ2n) is 9.35. The molecule has 0 radical (unpaired) electrons. The van der Waals surface area contributed by atoms with Crippen LogP contribution in [0.15, 0.2) is 0 Å². The summed E-state index contributed by atoms with van der Waals surface area (Å²) in [6, 6.07) is 0. The average Bonchev–Trinajstić information content (AvgIpc) is 2.87. The third kappa shape index (κ3) is 6.23. The highest BCUT2D eigenvalue weighted by Gasteiger charge is 2.49. The van der Waals surface area contributed by atoms with Crippen LogP contribution < -0.4 is 0 Å². The van der Waals surface area contributed by atoms with Crippen molar-refractivity contribution in [3.8, 4) is 0 Å². The fraction of sp³-hybridized carbons (Fsp3) is 1.00. The van der Waals surface area contributed by atoms with Gasteiger partial charge in [-0.05, 0) is 0 Å². The van der Waals surface area contributed by atoms with Gasteiger partial charge in [-0.2, -0.15) is 0 Å². The van der Waals surface area contributed by atoms with Crippen LogP contribution in [-0.4, -0.2) is 176 Å². The molecule has 4 rings (SSSR count). The molecule has 10 N–H and O–H groups in total. The van der Waals surface area contributed by atoms with Crippen molar-refractivity contribution in [2.45, 2.75) is 98.4 Å². The van der Waals surface area contributed by atoms with Crippen molar-refractivity contribution in [1.82, 2.24) is 0 Å². The van der Waals surface area contributed by atoms with Gasteiger partial charge in [0.25, 0.3) is 0 Å². The van der Waals surface area contributed by atoms with Crippen molar-refractivity contribution in [2.75, 3.05) is 26.4 Å². The van der Waals surface area contributed by atoms with Gasteiger partial charge in [0.05, 0.1) is 26.4 Å². The fourth-order valence-corrected chi connectivity index (χ4v) is 4.37. The first-order valence-corrected chi connectivity index (χ1v) is 11.7. The van der Waals surface area contributed by atoms with Crippen LogP contribution >= 0.6 is 0 Å². The first-order valence-electron chi connectivity index (χ1n) is 11.7. The zero-order valence-electron chi connectivity index (χ0n) is 19.4. The Kier molecular flexibility index (Phi) is 9.69. The predicted molar refractivity (Wildman–Crippen MR) is 110 cm³/mol. The molecule has 16 atom stereocenters. The summed E-state index contributed by atoms with van der Waals surface area (Å²) >= 11 is 0. The van der Waals surface area contributed by atoms with E-state index in [1.54, 1.807) is 0 Å². The Balaban J connectivity index is 1.32. The van der Waals surface area contributed by atoms with Gasteiger partial charge in [-0.25, -0.2) is 0 Å². The quantitative estimate of drug-likeness (QED) is 0.148. The van der Waals surface area contributed by atoms with Crippen LogP contribution in [-0.2, 0) is 33.2 Å². The molecule has 4 heterocycles. The molecule has 0 spiro atoms. The highest BCUT2D eigenvalue weighted by Crippen LogP contribution is 2.29. The van der Waals surface area contributed by atoms with Crippen LogP contribution in [0.5, 0.6) is 0 Å². The van der Waals surface area contributed by atoms with Crippen molar-refractivity contribution in [2.24, 2.45) is 0 Å². The monoisotopic (exact) mass is 546 g/mol. The standard InChI is InChI=1S/C20H34O17/c21-5-1-32-18(13(27)9(5)23)35-8-4-34-19(14(28)11(8)25)37-16-6(22)2-33-20(15(16)29)36-7-3-31-17(30)12(26)10(7)24/h5-30H,1-4H2/t5-,6-,7-,8-,9+,10+,11+,12-,13-,14-,15-,16+,17-,18+,19+,20+/m1/s1. The third-order valence-corrected chi connectivity index (χ3v) is 6.68. The normalized spacial score (nSPS) is 53.7. The van der Waals surface area contributed by atoms with E-state index < -0.39 is 112 Å². The highest BCUT2D eigenvalue weighted by molar-refractivity contribution is 4.91. The molecule has 4 saturated heterocycles. The smallest absolute Gasteiger partial charge is 0.186 e. The van der Waals surface area contributed by atoms with Gasteiger partial charge in [0.15, 0.2) is 25.2 Å². The van der Waals surface area contributed by atoms with E-state index in [9.17, 15) is 51.1 Å². The minimum atomic E-state index is -1.76. The van der Waals surface area contributed by atoms with E-state index in [1.165, 1.54) is 0 Å². The molecule has 0 aromatic carbocycles. The summed E-state index contributed by atoms with van der Waals surface area (Å²) in [7, 11) is 0. The number of rotatable bonds is 6. The summed E-state index contributed by atoms with van der Waals surface area (Å²) in [5.41, 5.74) is 0. The van der Waals surface area contributed by atoms with E-state index in [2.05, 4.69) is 0 Å².